The molecule has 0 unspecified atom stereocenters. The quantitative estimate of drug-likeness (QED) is 0.495. The summed E-state index contributed by atoms with van der Waals surface area (Å²) in [6.45, 7) is 1.40. The molecule has 2 heterocycles. The van der Waals surface area contributed by atoms with Crippen molar-refractivity contribution >= 4 is 29.2 Å². The Morgan fingerprint density at radius 1 is 1.06 bits per heavy atom. The molecule has 0 bridgehead atoms. The van der Waals surface area contributed by atoms with Crippen molar-refractivity contribution < 1.29 is 24.0 Å². The third-order valence-corrected chi connectivity index (χ3v) is 5.37. The number of nitrogens with one attached hydrogen (secondary N) is 2. The Morgan fingerprint density at radius 2 is 1.76 bits per heavy atom. The zero-order valence-corrected chi connectivity index (χ0v) is 18.7. The molecule has 34 heavy (non-hydrogen) atoms. The van der Waals surface area contributed by atoms with Gasteiger partial charge in [0, 0.05) is 24.7 Å². The topological polar surface area (TPSA) is 113 Å². The zero-order chi connectivity index (χ0) is 23.9. The first-order chi connectivity index (χ1) is 16.5. The minimum atomic E-state index is -0.721. The summed E-state index contributed by atoms with van der Waals surface area (Å²) < 4.78 is 5.17. The number of ether oxygens (including phenoxy) is 1. The van der Waals surface area contributed by atoms with E-state index in [4.69, 9.17) is 9.57 Å². The summed E-state index contributed by atoms with van der Waals surface area (Å²) in [5.41, 5.74) is 5.97. The second kappa shape index (κ2) is 10.7. The lowest BCUT2D eigenvalue weighted by Crippen LogP contribution is -2.47. The summed E-state index contributed by atoms with van der Waals surface area (Å²) in [6.07, 6.45) is 4.25. The fraction of sp³-hybridized carbons (Fsp3) is 0.250. The van der Waals surface area contributed by atoms with E-state index in [9.17, 15) is 14.4 Å². The van der Waals surface area contributed by atoms with Crippen molar-refractivity contribution in [3.8, 4) is 5.75 Å². The standard InChI is InChI=1S/C24H25N5O5/c1-33-19-12-10-18(11-13-19)29-21(24(32)34-27-29)16-20(23(31)26-28-14-6-3-7-15-28)25-22(30)17-8-4-2-5-9-17/h2,4-5,8-13,16,27H,3,6-7,14-15H2,1H3,(H,26,31)/b21-16+,25-20?. The van der Waals surface area contributed by atoms with Crippen molar-refractivity contribution in [2.75, 3.05) is 25.2 Å². The van der Waals surface area contributed by atoms with Gasteiger partial charge in [0.25, 0.3) is 11.8 Å². The molecule has 2 aromatic rings. The number of piperidine rings is 1. The molecule has 0 aliphatic carbocycles. The number of hydrogen-bond acceptors (Lipinski definition) is 8. The number of nitrogens with zero attached hydrogens (tertiary/aromatic N) is 3. The number of aliphatic imine (C=N–C) groups is 1. The molecule has 2 fully saturated rings. The maximum absolute atomic E-state index is 13.1. The van der Waals surface area contributed by atoms with Gasteiger partial charge in [-0.3, -0.25) is 15.0 Å². The van der Waals surface area contributed by atoms with E-state index in [0.717, 1.165) is 19.3 Å². The highest BCUT2D eigenvalue weighted by Gasteiger charge is 2.31. The first-order valence-corrected chi connectivity index (χ1v) is 10.9. The van der Waals surface area contributed by atoms with Gasteiger partial charge in [-0.15, -0.1) is 0 Å². The van der Waals surface area contributed by atoms with Crippen molar-refractivity contribution in [1.82, 2.24) is 16.0 Å². The molecule has 10 nitrogen and oxygen atoms in total. The molecule has 2 aliphatic heterocycles. The monoisotopic (exact) mass is 463 g/mol. The lowest BCUT2D eigenvalue weighted by atomic mass is 10.2. The first-order valence-electron chi connectivity index (χ1n) is 10.9. The van der Waals surface area contributed by atoms with E-state index in [-0.39, 0.29) is 11.4 Å². The van der Waals surface area contributed by atoms with Gasteiger partial charge in [-0.25, -0.2) is 19.8 Å². The van der Waals surface area contributed by atoms with E-state index in [1.165, 1.54) is 11.1 Å². The fourth-order valence-corrected chi connectivity index (χ4v) is 3.57. The predicted octanol–water partition coefficient (Wildman–Crippen LogP) is 2.16. The molecule has 10 heteroatoms. The fourth-order valence-electron chi connectivity index (χ4n) is 3.57. The highest BCUT2D eigenvalue weighted by atomic mass is 16.7. The van der Waals surface area contributed by atoms with E-state index >= 15 is 0 Å². The number of hydrazine groups is 2. The van der Waals surface area contributed by atoms with Crippen molar-refractivity contribution in [1.29, 1.82) is 0 Å². The molecule has 0 aromatic heterocycles. The second-order valence-corrected chi connectivity index (χ2v) is 7.70. The van der Waals surface area contributed by atoms with Gasteiger partial charge in [-0.05, 0) is 49.2 Å². The number of methoxy groups -OCH3 is 1. The maximum Gasteiger partial charge on any atom is 0.376 e. The minimum absolute atomic E-state index is 0.00132. The number of benzene rings is 2. The molecular formula is C24H25N5O5. The van der Waals surface area contributed by atoms with Crippen molar-refractivity contribution in [2.45, 2.75) is 19.3 Å². The molecule has 2 aliphatic rings. The minimum Gasteiger partial charge on any atom is -0.497 e. The molecule has 0 saturated carbocycles. The Bertz CT molecular complexity index is 1110. The van der Waals surface area contributed by atoms with Crippen LogP contribution in [0.2, 0.25) is 0 Å². The van der Waals surface area contributed by atoms with Crippen LogP contribution in [0.5, 0.6) is 5.75 Å². The molecule has 0 spiro atoms. The summed E-state index contributed by atoms with van der Waals surface area (Å²) in [5, 5.41) is 3.15. The van der Waals surface area contributed by atoms with Crippen LogP contribution in [0.25, 0.3) is 0 Å². The highest BCUT2D eigenvalue weighted by molar-refractivity contribution is 6.45. The van der Waals surface area contributed by atoms with Crippen LogP contribution in [0.3, 0.4) is 0 Å². The molecule has 2 saturated heterocycles. The summed E-state index contributed by atoms with van der Waals surface area (Å²) in [7, 11) is 1.55. The van der Waals surface area contributed by atoms with Crippen LogP contribution in [0.15, 0.2) is 71.4 Å². The number of rotatable bonds is 6. The first kappa shape index (κ1) is 23.1. The zero-order valence-electron chi connectivity index (χ0n) is 18.7. The summed E-state index contributed by atoms with van der Waals surface area (Å²) in [4.78, 5) is 47.4. The van der Waals surface area contributed by atoms with E-state index in [1.54, 1.807) is 66.7 Å². The Hall–Kier alpha value is -4.02. The molecule has 0 atom stereocenters. The average molecular weight is 463 g/mol. The SMILES string of the molecule is COc1ccc(N2NOC(=O)/C2=C\C(=NC(=O)c2ccccc2)C(=O)NN2CCCCC2)cc1. The third-order valence-electron chi connectivity index (χ3n) is 5.37. The van der Waals surface area contributed by atoms with Gasteiger partial charge < -0.3 is 9.57 Å². The van der Waals surface area contributed by atoms with E-state index in [1.807, 2.05) is 0 Å². The van der Waals surface area contributed by atoms with Crippen LogP contribution in [-0.4, -0.2) is 48.7 Å². The average Bonchev–Trinajstić information content (AvgIpc) is 3.24. The summed E-state index contributed by atoms with van der Waals surface area (Å²) in [5.74, 6) is -1.27. The molecule has 2 amide bonds. The lowest BCUT2D eigenvalue weighted by molar-refractivity contribution is -0.140. The molecule has 176 valence electrons. The van der Waals surface area contributed by atoms with Crippen LogP contribution in [0.4, 0.5) is 5.69 Å². The van der Waals surface area contributed by atoms with Crippen LogP contribution < -0.4 is 20.8 Å². The van der Waals surface area contributed by atoms with Crippen molar-refractivity contribution in [3.63, 3.8) is 0 Å². The Morgan fingerprint density at radius 3 is 2.44 bits per heavy atom. The van der Waals surface area contributed by atoms with Crippen molar-refractivity contribution in [3.05, 3.63) is 71.9 Å². The third kappa shape index (κ3) is 5.48. The highest BCUT2D eigenvalue weighted by Crippen LogP contribution is 2.24. The van der Waals surface area contributed by atoms with Gasteiger partial charge in [0.2, 0.25) is 0 Å². The number of anilines is 1. The van der Waals surface area contributed by atoms with Gasteiger partial charge in [-0.1, -0.05) is 30.2 Å². The van der Waals surface area contributed by atoms with Gasteiger partial charge >= 0.3 is 5.97 Å². The van der Waals surface area contributed by atoms with E-state index in [2.05, 4.69) is 16.0 Å². The Labute approximate surface area is 196 Å². The molecule has 0 radical (unpaired) electrons. The van der Waals surface area contributed by atoms with Crippen LogP contribution in [-0.2, 0) is 14.4 Å². The Kier molecular flexibility index (Phi) is 7.31. The van der Waals surface area contributed by atoms with Gasteiger partial charge in [-0.2, -0.15) is 0 Å². The lowest BCUT2D eigenvalue weighted by Gasteiger charge is -2.26. The van der Waals surface area contributed by atoms with Gasteiger partial charge in [0.15, 0.2) is 5.70 Å². The molecule has 2 N–H and O–H groups in total. The van der Waals surface area contributed by atoms with Gasteiger partial charge in [0.05, 0.1) is 12.8 Å². The summed E-state index contributed by atoms with van der Waals surface area (Å²) >= 11 is 0. The van der Waals surface area contributed by atoms with Crippen LogP contribution in [0.1, 0.15) is 29.6 Å². The van der Waals surface area contributed by atoms with E-state index < -0.39 is 17.8 Å². The molecule has 2 aromatic carbocycles. The largest absolute Gasteiger partial charge is 0.497 e. The number of hydrogen-bond donors (Lipinski definition) is 2. The van der Waals surface area contributed by atoms with E-state index in [0.29, 0.717) is 30.1 Å². The smallest absolute Gasteiger partial charge is 0.376 e. The normalized spacial score (nSPS) is 18.0. The predicted molar refractivity (Wildman–Crippen MR) is 125 cm³/mol. The number of carbonyl (C=O) groups is 3. The maximum atomic E-state index is 13.1. The Balaban J connectivity index is 1.67. The van der Waals surface area contributed by atoms with Crippen LogP contribution in [0, 0.1) is 0 Å². The number of amides is 2. The molecular weight excluding hydrogens is 438 g/mol. The molecule has 4 rings (SSSR count). The van der Waals surface area contributed by atoms with Crippen LogP contribution >= 0.6 is 0 Å². The summed E-state index contributed by atoms with van der Waals surface area (Å²) in [6, 6.07) is 15.3. The second-order valence-electron chi connectivity index (χ2n) is 7.70. The van der Waals surface area contributed by atoms with Crippen molar-refractivity contribution in [2.24, 2.45) is 4.99 Å². The number of carbonyl (C=O) groups excluding carboxylic acids is 3. The van der Waals surface area contributed by atoms with Gasteiger partial charge in [0.1, 0.15) is 11.5 Å².